The number of benzene rings is 2. The van der Waals surface area contributed by atoms with Gasteiger partial charge >= 0.3 is 0 Å². The first-order chi connectivity index (χ1) is 14.1. The van der Waals surface area contributed by atoms with Gasteiger partial charge < -0.3 is 20.1 Å². The summed E-state index contributed by atoms with van der Waals surface area (Å²) >= 11 is 0. The van der Waals surface area contributed by atoms with Crippen molar-refractivity contribution >= 4 is 11.6 Å². The van der Waals surface area contributed by atoms with Crippen LogP contribution in [-0.4, -0.2) is 37.2 Å². The average Bonchev–Trinajstić information content (AvgIpc) is 2.72. The average molecular weight is 398 g/mol. The molecule has 3 rings (SSSR count). The topological polar surface area (TPSA) is 98.0 Å². The maximum atomic E-state index is 10.8. The van der Waals surface area contributed by atoms with E-state index in [1.807, 2.05) is 25.1 Å². The molecular weight excluding hydrogens is 372 g/mol. The summed E-state index contributed by atoms with van der Waals surface area (Å²) in [7, 11) is 1.66. The van der Waals surface area contributed by atoms with E-state index >= 15 is 0 Å². The highest BCUT2D eigenvalue weighted by molar-refractivity contribution is 5.80. The zero-order valence-corrected chi connectivity index (χ0v) is 16.6. The largest absolute Gasteiger partial charge is 0.493 e. The zero-order chi connectivity index (χ0) is 20.6. The Bertz CT molecular complexity index is 854. The number of methoxy groups -OCH3 is 1. The SMILES string of the molecule is COCC(C)NC(=NCc1ccc([N+](=O)[O-])cc1)NC1CCOc2ccccc21. The van der Waals surface area contributed by atoms with E-state index in [0.717, 1.165) is 23.3 Å². The second-order valence-electron chi connectivity index (χ2n) is 6.96. The number of nitro benzene ring substituents is 1. The van der Waals surface area contributed by atoms with Gasteiger partial charge in [-0.1, -0.05) is 30.3 Å². The highest BCUT2D eigenvalue weighted by Gasteiger charge is 2.22. The first-order valence-electron chi connectivity index (χ1n) is 9.58. The predicted molar refractivity (Wildman–Crippen MR) is 111 cm³/mol. The fourth-order valence-corrected chi connectivity index (χ4v) is 3.21. The third kappa shape index (κ3) is 5.68. The minimum absolute atomic E-state index is 0.0678. The number of nitro groups is 1. The molecule has 1 aliphatic heterocycles. The van der Waals surface area contributed by atoms with Crippen LogP contribution in [0.25, 0.3) is 0 Å². The lowest BCUT2D eigenvalue weighted by molar-refractivity contribution is -0.384. The third-order valence-corrected chi connectivity index (χ3v) is 4.64. The molecule has 0 radical (unpaired) electrons. The molecule has 2 unspecified atom stereocenters. The standard InChI is InChI=1S/C21H26N4O4/c1-15(14-28-2)23-21(22-13-16-7-9-17(10-8-16)25(26)27)24-19-11-12-29-20-6-4-3-5-18(19)20/h3-10,15,19H,11-14H2,1-2H3,(H2,22,23,24). The van der Waals surface area contributed by atoms with Crippen LogP contribution in [0.3, 0.4) is 0 Å². The fraction of sp³-hybridized carbons (Fsp3) is 0.381. The Morgan fingerprint density at radius 2 is 2.07 bits per heavy atom. The van der Waals surface area contributed by atoms with Gasteiger partial charge in [-0.3, -0.25) is 10.1 Å². The number of para-hydroxylation sites is 1. The lowest BCUT2D eigenvalue weighted by atomic mass is 10.0. The molecule has 0 bridgehead atoms. The van der Waals surface area contributed by atoms with Crippen LogP contribution >= 0.6 is 0 Å². The summed E-state index contributed by atoms with van der Waals surface area (Å²) in [4.78, 5) is 15.1. The molecule has 2 N–H and O–H groups in total. The second kappa shape index (κ2) is 9.88. The van der Waals surface area contributed by atoms with E-state index in [2.05, 4.69) is 21.7 Å². The van der Waals surface area contributed by atoms with Crippen LogP contribution in [0.5, 0.6) is 5.75 Å². The van der Waals surface area contributed by atoms with Crippen LogP contribution in [0.1, 0.15) is 30.5 Å². The van der Waals surface area contributed by atoms with Crippen molar-refractivity contribution < 1.29 is 14.4 Å². The molecule has 1 heterocycles. The Morgan fingerprint density at radius 3 is 2.79 bits per heavy atom. The number of nitrogens with zero attached hydrogens (tertiary/aromatic N) is 2. The van der Waals surface area contributed by atoms with Gasteiger partial charge in [-0.25, -0.2) is 4.99 Å². The summed E-state index contributed by atoms with van der Waals surface area (Å²) in [5, 5.41) is 17.7. The van der Waals surface area contributed by atoms with E-state index in [1.165, 1.54) is 12.1 Å². The number of aliphatic imine (C=N–C) groups is 1. The van der Waals surface area contributed by atoms with Crippen LogP contribution < -0.4 is 15.4 Å². The Kier molecular flexibility index (Phi) is 7.02. The Hall–Kier alpha value is -3.13. The van der Waals surface area contributed by atoms with Gasteiger partial charge in [0.1, 0.15) is 5.75 Å². The van der Waals surface area contributed by atoms with Gasteiger partial charge in [-0.15, -0.1) is 0 Å². The smallest absolute Gasteiger partial charge is 0.269 e. The van der Waals surface area contributed by atoms with Gasteiger partial charge in [0.15, 0.2) is 5.96 Å². The molecule has 0 spiro atoms. The van der Waals surface area contributed by atoms with Crippen LogP contribution in [0.15, 0.2) is 53.5 Å². The predicted octanol–water partition coefficient (Wildman–Crippen LogP) is 3.19. The molecular formula is C21H26N4O4. The maximum absolute atomic E-state index is 10.8. The van der Waals surface area contributed by atoms with Gasteiger partial charge in [0, 0.05) is 37.3 Å². The first kappa shape index (κ1) is 20.6. The van der Waals surface area contributed by atoms with E-state index in [9.17, 15) is 10.1 Å². The van der Waals surface area contributed by atoms with E-state index in [-0.39, 0.29) is 17.8 Å². The van der Waals surface area contributed by atoms with Crippen molar-refractivity contribution in [3.05, 3.63) is 69.8 Å². The highest BCUT2D eigenvalue weighted by Crippen LogP contribution is 2.31. The van der Waals surface area contributed by atoms with Crippen molar-refractivity contribution in [2.24, 2.45) is 4.99 Å². The Labute approximate surface area is 170 Å². The number of guanidine groups is 1. The van der Waals surface area contributed by atoms with E-state index in [0.29, 0.717) is 25.7 Å². The van der Waals surface area contributed by atoms with Crippen molar-refractivity contribution in [2.75, 3.05) is 20.3 Å². The van der Waals surface area contributed by atoms with Crippen LogP contribution in [0, 0.1) is 10.1 Å². The summed E-state index contributed by atoms with van der Waals surface area (Å²) < 4.78 is 11.0. The van der Waals surface area contributed by atoms with Gasteiger partial charge in [0.05, 0.1) is 30.7 Å². The molecule has 0 aromatic heterocycles. The molecule has 0 aliphatic carbocycles. The van der Waals surface area contributed by atoms with Gasteiger partial charge in [0.2, 0.25) is 0 Å². The van der Waals surface area contributed by atoms with Gasteiger partial charge in [-0.05, 0) is 18.6 Å². The molecule has 8 heteroatoms. The minimum atomic E-state index is -0.406. The quantitative estimate of drug-likeness (QED) is 0.322. The van der Waals surface area contributed by atoms with Crippen molar-refractivity contribution in [1.29, 1.82) is 0 Å². The summed E-state index contributed by atoms with van der Waals surface area (Å²) in [6, 6.07) is 14.6. The number of nitrogens with one attached hydrogen (secondary N) is 2. The van der Waals surface area contributed by atoms with Gasteiger partial charge in [-0.2, -0.15) is 0 Å². The van der Waals surface area contributed by atoms with E-state index in [1.54, 1.807) is 19.2 Å². The molecule has 2 atom stereocenters. The van der Waals surface area contributed by atoms with Crippen LogP contribution in [0.4, 0.5) is 5.69 Å². The molecule has 154 valence electrons. The first-order valence-corrected chi connectivity index (χ1v) is 9.58. The van der Waals surface area contributed by atoms with Crippen molar-refractivity contribution in [2.45, 2.75) is 32.0 Å². The number of rotatable bonds is 7. The maximum Gasteiger partial charge on any atom is 0.269 e. The second-order valence-corrected chi connectivity index (χ2v) is 6.96. The summed E-state index contributed by atoms with van der Waals surface area (Å²) in [5.74, 6) is 1.55. The molecule has 0 saturated heterocycles. The van der Waals surface area contributed by atoms with Crippen LogP contribution in [-0.2, 0) is 11.3 Å². The highest BCUT2D eigenvalue weighted by atomic mass is 16.6. The molecule has 2 aromatic carbocycles. The molecule has 0 saturated carbocycles. The summed E-state index contributed by atoms with van der Waals surface area (Å²) in [6.45, 7) is 3.60. The molecule has 0 amide bonds. The van der Waals surface area contributed by atoms with Crippen molar-refractivity contribution in [3.8, 4) is 5.75 Å². The Balaban J connectivity index is 1.75. The molecule has 2 aromatic rings. The number of non-ortho nitro benzene ring substituents is 1. The van der Waals surface area contributed by atoms with Crippen molar-refractivity contribution in [1.82, 2.24) is 10.6 Å². The minimum Gasteiger partial charge on any atom is -0.493 e. The Morgan fingerprint density at radius 1 is 1.31 bits per heavy atom. The number of ether oxygens (including phenoxy) is 2. The summed E-state index contributed by atoms with van der Waals surface area (Å²) in [5.41, 5.74) is 2.06. The monoisotopic (exact) mass is 398 g/mol. The number of fused-ring (bicyclic) bond motifs is 1. The molecule has 8 nitrogen and oxygen atoms in total. The van der Waals surface area contributed by atoms with Gasteiger partial charge in [0.25, 0.3) is 5.69 Å². The molecule has 29 heavy (non-hydrogen) atoms. The van der Waals surface area contributed by atoms with Crippen molar-refractivity contribution in [3.63, 3.8) is 0 Å². The van der Waals surface area contributed by atoms with E-state index < -0.39 is 4.92 Å². The lowest BCUT2D eigenvalue weighted by Crippen LogP contribution is -2.46. The third-order valence-electron chi connectivity index (χ3n) is 4.64. The molecule has 0 fully saturated rings. The van der Waals surface area contributed by atoms with Crippen LogP contribution in [0.2, 0.25) is 0 Å². The number of hydrogen-bond acceptors (Lipinski definition) is 5. The van der Waals surface area contributed by atoms with E-state index in [4.69, 9.17) is 9.47 Å². The molecule has 1 aliphatic rings. The normalized spacial score (nSPS) is 17.0. The number of hydrogen-bond donors (Lipinski definition) is 2. The lowest BCUT2D eigenvalue weighted by Gasteiger charge is -2.29. The zero-order valence-electron chi connectivity index (χ0n) is 16.6. The fourth-order valence-electron chi connectivity index (χ4n) is 3.21. The summed E-state index contributed by atoms with van der Waals surface area (Å²) in [6.07, 6.45) is 0.827.